The fourth-order valence-electron chi connectivity index (χ4n) is 6.47. The van der Waals surface area contributed by atoms with Crippen LogP contribution >= 0.6 is 33.3 Å². The fraction of sp³-hybridized carbons (Fsp3) is 0.838. The van der Waals surface area contributed by atoms with E-state index in [0.717, 1.165) is 50.7 Å². The second-order valence-corrected chi connectivity index (χ2v) is 18.6. The molecule has 0 aromatic carbocycles. The zero-order valence-corrected chi connectivity index (χ0v) is 32.5. The van der Waals surface area contributed by atoms with Crippen molar-refractivity contribution in [2.75, 3.05) is 18.1 Å². The number of likely N-dealkylation sites (tertiary alicyclic amines) is 1. The first kappa shape index (κ1) is 42.0. The molecule has 2 amide bonds. The highest BCUT2D eigenvalue weighted by molar-refractivity contribution is 8.76. The van der Waals surface area contributed by atoms with Crippen molar-refractivity contribution in [3.8, 4) is 0 Å². The summed E-state index contributed by atoms with van der Waals surface area (Å²) < 4.78 is 0. The third kappa shape index (κ3) is 14.7. The zero-order chi connectivity index (χ0) is 35.1. The summed E-state index contributed by atoms with van der Waals surface area (Å²) in [6.45, 7) is 14.3. The van der Waals surface area contributed by atoms with Gasteiger partial charge in [-0.2, -0.15) is 0 Å². The summed E-state index contributed by atoms with van der Waals surface area (Å²) in [5, 5.41) is -0.0271. The molecule has 1 saturated carbocycles. The molecule has 2 rings (SSSR count). The first-order valence-corrected chi connectivity index (χ1v) is 21.5. The molecular weight excluding hydrogens is 651 g/mol. The number of carbonyl (C=O) groups is 6. The van der Waals surface area contributed by atoms with Gasteiger partial charge in [-0.25, -0.2) is 0 Å². The lowest BCUT2D eigenvalue weighted by Gasteiger charge is -2.30. The smallest absolute Gasteiger partial charge is 0.242 e. The van der Waals surface area contributed by atoms with Crippen LogP contribution in [0.4, 0.5) is 0 Å². The fourth-order valence-corrected chi connectivity index (χ4v) is 10.1. The number of thioether (sulfide) groups is 1. The van der Waals surface area contributed by atoms with Gasteiger partial charge in [0.1, 0.15) is 23.1 Å². The van der Waals surface area contributed by atoms with Gasteiger partial charge >= 0.3 is 0 Å². The van der Waals surface area contributed by atoms with Gasteiger partial charge in [0.15, 0.2) is 0 Å². The Morgan fingerprint density at radius 3 is 1.96 bits per heavy atom. The monoisotopic (exact) mass is 711 g/mol. The Kier molecular flexibility index (Phi) is 19.5. The number of carbonyl (C=O) groups excluding carboxylic acids is 6. The minimum atomic E-state index is -0.416. The molecule has 0 N–H and O–H groups in total. The molecule has 1 aliphatic carbocycles. The van der Waals surface area contributed by atoms with Crippen LogP contribution in [0.1, 0.15) is 132 Å². The predicted molar refractivity (Wildman–Crippen MR) is 198 cm³/mol. The molecule has 5 atom stereocenters. The summed E-state index contributed by atoms with van der Waals surface area (Å²) in [7, 11) is 3.66. The summed E-state index contributed by atoms with van der Waals surface area (Å²) in [5.74, 6) is 2.71. The standard InChI is InChI=1S/C37H61NO6S3/c1-8-31(39)25(4)10-9-20-46-47-28(7)13-18-32(40)26(5)11-12-27(6)33(41)19-21-45-34-22-35(42)38(37(34)44)23-29-14-16-30(17-15-29)36(43)24(2)3/h24-30,34H,8-23H2,1-7H3. The van der Waals surface area contributed by atoms with Gasteiger partial charge in [0.2, 0.25) is 11.8 Å². The Bertz CT molecular complexity index is 1060. The van der Waals surface area contributed by atoms with E-state index in [1.165, 1.54) is 16.7 Å². The van der Waals surface area contributed by atoms with E-state index in [1.807, 2.05) is 63.1 Å². The molecule has 2 fully saturated rings. The maximum Gasteiger partial charge on any atom is 0.242 e. The van der Waals surface area contributed by atoms with E-state index >= 15 is 0 Å². The molecule has 1 saturated heterocycles. The van der Waals surface area contributed by atoms with Gasteiger partial charge in [-0.05, 0) is 63.7 Å². The average molecular weight is 712 g/mol. The molecule has 10 heteroatoms. The first-order chi connectivity index (χ1) is 22.2. The van der Waals surface area contributed by atoms with Crippen molar-refractivity contribution >= 4 is 68.3 Å². The van der Waals surface area contributed by atoms with Gasteiger partial charge in [0.05, 0.1) is 5.25 Å². The van der Waals surface area contributed by atoms with E-state index in [4.69, 9.17) is 0 Å². The van der Waals surface area contributed by atoms with Crippen molar-refractivity contribution < 1.29 is 28.8 Å². The van der Waals surface area contributed by atoms with Crippen molar-refractivity contribution in [1.82, 2.24) is 4.90 Å². The maximum atomic E-state index is 13.0. The largest absolute Gasteiger partial charge is 0.299 e. The normalized spacial score (nSPS) is 22.7. The van der Waals surface area contributed by atoms with Crippen molar-refractivity contribution in [3.05, 3.63) is 0 Å². The van der Waals surface area contributed by atoms with E-state index in [2.05, 4.69) is 6.92 Å². The number of hydrogen-bond donors (Lipinski definition) is 0. The van der Waals surface area contributed by atoms with Crippen LogP contribution in [-0.2, 0) is 28.8 Å². The quantitative estimate of drug-likeness (QED) is 0.0554. The molecule has 2 aliphatic rings. The number of rotatable bonds is 24. The van der Waals surface area contributed by atoms with E-state index in [0.29, 0.717) is 61.2 Å². The van der Waals surface area contributed by atoms with Crippen LogP contribution < -0.4 is 0 Å². The molecule has 0 aromatic rings. The molecule has 7 nitrogen and oxygen atoms in total. The molecule has 0 spiro atoms. The van der Waals surface area contributed by atoms with Crippen molar-refractivity contribution in [3.63, 3.8) is 0 Å². The highest BCUT2D eigenvalue weighted by Gasteiger charge is 2.40. The van der Waals surface area contributed by atoms with E-state index in [1.54, 1.807) is 0 Å². The van der Waals surface area contributed by atoms with E-state index in [9.17, 15) is 28.8 Å². The molecular formula is C37H61NO6S3. The lowest BCUT2D eigenvalue weighted by atomic mass is 9.77. The minimum absolute atomic E-state index is 0.0489. The summed E-state index contributed by atoms with van der Waals surface area (Å²) in [6.07, 6.45) is 9.34. The van der Waals surface area contributed by atoms with Crippen LogP contribution in [0, 0.1) is 35.5 Å². The maximum absolute atomic E-state index is 13.0. The first-order valence-electron chi connectivity index (χ1n) is 18.1. The van der Waals surface area contributed by atoms with Gasteiger partial charge < -0.3 is 0 Å². The second kappa shape index (κ2) is 21.8. The van der Waals surface area contributed by atoms with Crippen LogP contribution in [0.25, 0.3) is 0 Å². The number of amides is 2. The molecule has 1 heterocycles. The van der Waals surface area contributed by atoms with Crippen LogP contribution in [0.5, 0.6) is 0 Å². The van der Waals surface area contributed by atoms with E-state index in [-0.39, 0.29) is 65.3 Å². The van der Waals surface area contributed by atoms with Crippen molar-refractivity contribution in [2.45, 2.75) is 142 Å². The van der Waals surface area contributed by atoms with Gasteiger partial charge in [0, 0.05) is 78.6 Å². The number of Topliss-reactive ketones (excluding diaryl/α,β-unsaturated/α-hetero) is 4. The van der Waals surface area contributed by atoms with Gasteiger partial charge in [0.25, 0.3) is 0 Å². The molecule has 0 aromatic heterocycles. The molecule has 5 unspecified atom stereocenters. The van der Waals surface area contributed by atoms with Crippen molar-refractivity contribution in [1.29, 1.82) is 0 Å². The third-order valence-corrected chi connectivity index (χ3v) is 14.3. The number of hydrogen-bond acceptors (Lipinski definition) is 9. The Hall–Kier alpha value is -1.13. The van der Waals surface area contributed by atoms with Crippen LogP contribution in [0.3, 0.4) is 0 Å². The Labute approximate surface area is 296 Å². The molecule has 0 radical (unpaired) electrons. The Morgan fingerprint density at radius 2 is 1.36 bits per heavy atom. The summed E-state index contributed by atoms with van der Waals surface area (Å²) in [6, 6.07) is 0. The third-order valence-electron chi connectivity index (χ3n) is 10.1. The van der Waals surface area contributed by atoms with Crippen LogP contribution in [-0.4, -0.2) is 68.4 Å². The lowest BCUT2D eigenvalue weighted by molar-refractivity contribution is -0.139. The van der Waals surface area contributed by atoms with Crippen molar-refractivity contribution in [2.24, 2.45) is 35.5 Å². The predicted octanol–water partition coefficient (Wildman–Crippen LogP) is 8.40. The zero-order valence-electron chi connectivity index (χ0n) is 30.1. The SMILES string of the molecule is CCC(=O)C(C)CCCSSC(C)CCC(=O)C(C)CCC(C)C(=O)CCSC1CC(=O)N(CC2CCC(C(=O)C(C)C)CC2)C1=O. The summed E-state index contributed by atoms with van der Waals surface area (Å²) in [5.41, 5.74) is 0. The van der Waals surface area contributed by atoms with Gasteiger partial charge in [-0.1, -0.05) is 70.1 Å². The average Bonchev–Trinajstić information content (AvgIpc) is 3.32. The highest BCUT2D eigenvalue weighted by atomic mass is 33.1. The van der Waals surface area contributed by atoms with Crippen LogP contribution in [0.2, 0.25) is 0 Å². The number of imide groups is 1. The number of nitrogens with zero attached hydrogens (tertiary/aromatic N) is 1. The Morgan fingerprint density at radius 1 is 0.766 bits per heavy atom. The Balaban J connectivity index is 1.59. The van der Waals surface area contributed by atoms with Gasteiger partial charge in [-0.15, -0.1) is 11.8 Å². The molecule has 1 aliphatic heterocycles. The van der Waals surface area contributed by atoms with Gasteiger partial charge in [-0.3, -0.25) is 33.7 Å². The molecule has 47 heavy (non-hydrogen) atoms. The number of ketones is 4. The highest BCUT2D eigenvalue weighted by Crippen LogP contribution is 2.34. The molecule has 0 bridgehead atoms. The topological polar surface area (TPSA) is 106 Å². The summed E-state index contributed by atoms with van der Waals surface area (Å²) >= 11 is 1.42. The second-order valence-electron chi connectivity index (χ2n) is 14.4. The lowest BCUT2D eigenvalue weighted by Crippen LogP contribution is -2.37. The summed E-state index contributed by atoms with van der Waals surface area (Å²) in [4.78, 5) is 76.7. The van der Waals surface area contributed by atoms with Crippen LogP contribution in [0.15, 0.2) is 0 Å². The van der Waals surface area contributed by atoms with E-state index < -0.39 is 5.25 Å². The minimum Gasteiger partial charge on any atom is -0.299 e. The molecule has 268 valence electrons.